The van der Waals surface area contributed by atoms with Gasteiger partial charge in [-0.3, -0.25) is 9.78 Å². The molecule has 3 aromatic rings. The van der Waals surface area contributed by atoms with Crippen molar-refractivity contribution in [3.8, 4) is 11.4 Å². The molecular formula is C17H18N4O2S. The van der Waals surface area contributed by atoms with Crippen LogP contribution in [-0.4, -0.2) is 21.0 Å². The third kappa shape index (κ3) is 3.21. The van der Waals surface area contributed by atoms with Gasteiger partial charge in [0.05, 0.1) is 16.4 Å². The van der Waals surface area contributed by atoms with Crippen LogP contribution in [0.5, 0.6) is 0 Å². The molecule has 0 aromatic carbocycles. The first-order chi connectivity index (χ1) is 11.5. The number of carbonyl (C=O) groups excluding carboxylic acids is 1. The molecule has 124 valence electrons. The molecule has 0 aliphatic heterocycles. The van der Waals surface area contributed by atoms with Crippen molar-refractivity contribution in [1.82, 2.24) is 15.1 Å². The summed E-state index contributed by atoms with van der Waals surface area (Å²) in [6.07, 6.45) is 3.22. The van der Waals surface area contributed by atoms with E-state index in [-0.39, 0.29) is 0 Å². The molecule has 0 atom stereocenters. The molecule has 3 aromatic heterocycles. The summed E-state index contributed by atoms with van der Waals surface area (Å²) in [5, 5.41) is 5.03. The maximum atomic E-state index is 11.3. The van der Waals surface area contributed by atoms with Crippen molar-refractivity contribution in [3.63, 3.8) is 0 Å². The summed E-state index contributed by atoms with van der Waals surface area (Å²) < 4.78 is 5.35. The van der Waals surface area contributed by atoms with E-state index in [0.717, 1.165) is 33.3 Å². The number of hydrogen-bond acceptors (Lipinski definition) is 6. The zero-order chi connectivity index (χ0) is 17.3. The van der Waals surface area contributed by atoms with Crippen LogP contribution in [0.15, 0.2) is 22.9 Å². The highest BCUT2D eigenvalue weighted by Gasteiger charge is 2.17. The van der Waals surface area contributed by atoms with Crippen LogP contribution < -0.4 is 5.73 Å². The molecule has 0 spiro atoms. The quantitative estimate of drug-likeness (QED) is 0.769. The molecule has 7 heteroatoms. The third-order valence-corrected chi connectivity index (χ3v) is 5.02. The number of aryl methyl sites for hydroxylation is 4. The minimum Gasteiger partial charge on any atom is -0.365 e. The molecule has 2 N–H and O–H groups in total. The Morgan fingerprint density at radius 3 is 2.67 bits per heavy atom. The fraction of sp³-hybridized carbons (Fsp3) is 0.294. The highest BCUT2D eigenvalue weighted by Crippen LogP contribution is 2.26. The molecule has 0 bridgehead atoms. The molecular weight excluding hydrogens is 324 g/mol. The van der Waals surface area contributed by atoms with Gasteiger partial charge in [0.2, 0.25) is 0 Å². The Bertz CT molecular complexity index is 881. The van der Waals surface area contributed by atoms with E-state index in [1.54, 1.807) is 6.92 Å². The summed E-state index contributed by atoms with van der Waals surface area (Å²) in [7, 11) is 0. The van der Waals surface area contributed by atoms with Crippen LogP contribution in [0.1, 0.15) is 37.3 Å². The predicted octanol–water partition coefficient (Wildman–Crippen LogP) is 3.00. The van der Waals surface area contributed by atoms with Crippen molar-refractivity contribution < 1.29 is 9.32 Å². The smallest absolute Gasteiger partial charge is 0.260 e. The zero-order valence-electron chi connectivity index (χ0n) is 13.8. The number of hydrogen-bond donors (Lipinski definition) is 1. The van der Waals surface area contributed by atoms with Gasteiger partial charge in [0.1, 0.15) is 16.3 Å². The van der Waals surface area contributed by atoms with Gasteiger partial charge in [0.25, 0.3) is 5.91 Å². The molecule has 6 nitrogen and oxygen atoms in total. The van der Waals surface area contributed by atoms with Crippen molar-refractivity contribution in [2.24, 2.45) is 5.73 Å². The number of aromatic nitrogens is 3. The number of nitrogens with two attached hydrogens (primary N) is 1. The summed E-state index contributed by atoms with van der Waals surface area (Å²) in [6.45, 7) is 5.68. The minimum absolute atomic E-state index is 0.429. The topological polar surface area (TPSA) is 94.9 Å². The number of amides is 1. The summed E-state index contributed by atoms with van der Waals surface area (Å²) in [4.78, 5) is 20.7. The highest BCUT2D eigenvalue weighted by atomic mass is 32.1. The van der Waals surface area contributed by atoms with E-state index in [9.17, 15) is 4.79 Å². The van der Waals surface area contributed by atoms with Gasteiger partial charge < -0.3 is 10.3 Å². The monoisotopic (exact) mass is 342 g/mol. The molecule has 24 heavy (non-hydrogen) atoms. The van der Waals surface area contributed by atoms with Crippen LogP contribution in [0.3, 0.4) is 0 Å². The maximum Gasteiger partial charge on any atom is 0.260 e. The average molecular weight is 342 g/mol. The van der Waals surface area contributed by atoms with Gasteiger partial charge in [0.15, 0.2) is 0 Å². The predicted molar refractivity (Wildman–Crippen MR) is 92.0 cm³/mol. The fourth-order valence-electron chi connectivity index (χ4n) is 2.51. The van der Waals surface area contributed by atoms with Crippen molar-refractivity contribution in [1.29, 1.82) is 0 Å². The van der Waals surface area contributed by atoms with Gasteiger partial charge in [-0.1, -0.05) is 11.2 Å². The van der Waals surface area contributed by atoms with E-state index in [2.05, 4.69) is 15.1 Å². The Morgan fingerprint density at radius 2 is 2.04 bits per heavy atom. The normalized spacial score (nSPS) is 11.0. The van der Waals surface area contributed by atoms with E-state index >= 15 is 0 Å². The van der Waals surface area contributed by atoms with Gasteiger partial charge in [-0.05, 0) is 38.8 Å². The Balaban J connectivity index is 1.83. The lowest BCUT2D eigenvalue weighted by Crippen LogP contribution is -2.09. The number of nitrogens with zero attached hydrogens (tertiary/aromatic N) is 3. The van der Waals surface area contributed by atoms with Crippen molar-refractivity contribution in [2.45, 2.75) is 33.6 Å². The minimum atomic E-state index is -0.429. The first kappa shape index (κ1) is 16.3. The maximum absolute atomic E-state index is 11.3. The molecule has 3 heterocycles. The average Bonchev–Trinajstić information content (AvgIpc) is 3.09. The zero-order valence-corrected chi connectivity index (χ0v) is 14.6. The second-order valence-electron chi connectivity index (χ2n) is 5.67. The van der Waals surface area contributed by atoms with Gasteiger partial charge >= 0.3 is 0 Å². The largest absolute Gasteiger partial charge is 0.365 e. The summed E-state index contributed by atoms with van der Waals surface area (Å²) in [6, 6.07) is 3.94. The lowest BCUT2D eigenvalue weighted by atomic mass is 10.1. The number of carbonyl (C=O) groups is 1. The number of thiazole rings is 1. The Kier molecular flexibility index (Phi) is 4.44. The molecule has 0 aliphatic carbocycles. The van der Waals surface area contributed by atoms with Gasteiger partial charge in [-0.25, -0.2) is 4.98 Å². The first-order valence-electron chi connectivity index (χ1n) is 7.60. The standard InChI is InChI=1S/C17H18N4O2S/c1-9-4-6-13(19-8-9)15-12(11(3)23-21-15)5-7-14-20-10(2)16(24-14)17(18)22/h4,6,8H,5,7H2,1-3H3,(H2,18,22). The van der Waals surface area contributed by atoms with Crippen LogP contribution in [0.2, 0.25) is 0 Å². The number of primary amides is 1. The van der Waals surface area contributed by atoms with Crippen molar-refractivity contribution in [3.05, 3.63) is 50.8 Å². The van der Waals surface area contributed by atoms with Crippen LogP contribution in [0.4, 0.5) is 0 Å². The van der Waals surface area contributed by atoms with E-state index in [0.29, 0.717) is 23.4 Å². The van der Waals surface area contributed by atoms with Gasteiger partial charge in [0, 0.05) is 18.2 Å². The van der Waals surface area contributed by atoms with Gasteiger partial charge in [-0.15, -0.1) is 11.3 Å². The first-order valence-corrected chi connectivity index (χ1v) is 8.41. The number of rotatable bonds is 5. The summed E-state index contributed by atoms with van der Waals surface area (Å²) >= 11 is 1.35. The van der Waals surface area contributed by atoms with E-state index in [1.807, 2.05) is 32.2 Å². The van der Waals surface area contributed by atoms with Gasteiger partial charge in [-0.2, -0.15) is 0 Å². The molecule has 0 saturated heterocycles. The Labute approximate surface area is 143 Å². The second-order valence-corrected chi connectivity index (χ2v) is 6.76. The molecule has 0 unspecified atom stereocenters. The van der Waals surface area contributed by atoms with Crippen molar-refractivity contribution >= 4 is 17.2 Å². The van der Waals surface area contributed by atoms with Crippen LogP contribution >= 0.6 is 11.3 Å². The molecule has 3 rings (SSSR count). The van der Waals surface area contributed by atoms with Crippen molar-refractivity contribution in [2.75, 3.05) is 0 Å². The Hall–Kier alpha value is -2.54. The Morgan fingerprint density at radius 1 is 1.25 bits per heavy atom. The van der Waals surface area contributed by atoms with Crippen LogP contribution in [0, 0.1) is 20.8 Å². The SMILES string of the molecule is Cc1ccc(-c2noc(C)c2CCc2nc(C)c(C(N)=O)s2)nc1. The summed E-state index contributed by atoms with van der Waals surface area (Å²) in [5.41, 5.74) is 9.70. The molecule has 0 aliphatic rings. The molecule has 0 saturated carbocycles. The third-order valence-electron chi connectivity index (χ3n) is 3.79. The lowest BCUT2D eigenvalue weighted by molar-refractivity contribution is 0.100. The highest BCUT2D eigenvalue weighted by molar-refractivity contribution is 7.13. The molecule has 0 radical (unpaired) electrons. The molecule has 0 fully saturated rings. The number of pyridine rings is 1. The van der Waals surface area contributed by atoms with E-state index in [1.165, 1.54) is 11.3 Å². The van der Waals surface area contributed by atoms with Crippen LogP contribution in [-0.2, 0) is 12.8 Å². The van der Waals surface area contributed by atoms with E-state index in [4.69, 9.17) is 10.3 Å². The fourth-order valence-corrected chi connectivity index (χ4v) is 3.43. The van der Waals surface area contributed by atoms with Crippen LogP contribution in [0.25, 0.3) is 11.4 Å². The second kappa shape index (κ2) is 6.52. The molecule has 1 amide bonds. The summed E-state index contributed by atoms with van der Waals surface area (Å²) in [5.74, 6) is 0.345. The lowest BCUT2D eigenvalue weighted by Gasteiger charge is -2.01. The van der Waals surface area contributed by atoms with E-state index < -0.39 is 5.91 Å².